The number of hydrogen-bond acceptors (Lipinski definition) is 7. The zero-order valence-corrected chi connectivity index (χ0v) is 17.5. The number of halogens is 1. The van der Waals surface area contributed by atoms with Crippen LogP contribution in [0.25, 0.3) is 10.9 Å². The minimum Gasteiger partial charge on any atom is -0.492 e. The number of H-pyrrole nitrogens is 1. The lowest BCUT2D eigenvalue weighted by Gasteiger charge is -2.26. The van der Waals surface area contributed by atoms with E-state index in [2.05, 4.69) is 20.0 Å². The summed E-state index contributed by atoms with van der Waals surface area (Å²) < 4.78 is 24.7. The normalized spacial score (nSPS) is 15.5. The maximum absolute atomic E-state index is 13.6. The maximum Gasteiger partial charge on any atom is 0.258 e. The Kier molecular flexibility index (Phi) is 6.88. The summed E-state index contributed by atoms with van der Waals surface area (Å²) in [5, 5.41) is 4.23. The molecule has 3 aromatic rings. The highest BCUT2D eigenvalue weighted by molar-refractivity contribution is 6.38. The van der Waals surface area contributed by atoms with Gasteiger partial charge in [-0.2, -0.15) is 5.10 Å². The fourth-order valence-corrected chi connectivity index (χ4v) is 3.45. The summed E-state index contributed by atoms with van der Waals surface area (Å²) in [6.07, 6.45) is 1.41. The summed E-state index contributed by atoms with van der Waals surface area (Å²) in [6.45, 7) is 4.72. The van der Waals surface area contributed by atoms with Gasteiger partial charge in [0.05, 0.1) is 30.7 Å². The second-order valence-electron chi connectivity index (χ2n) is 7.32. The number of ether oxygens (including phenoxy) is 2. The van der Waals surface area contributed by atoms with Crippen LogP contribution in [0.5, 0.6) is 5.75 Å². The van der Waals surface area contributed by atoms with Gasteiger partial charge in [-0.3, -0.25) is 14.7 Å². The Balaban J connectivity index is 1.46. The smallest absolute Gasteiger partial charge is 0.258 e. The Bertz CT molecular complexity index is 1200. The Hall–Kier alpha value is -3.56. The van der Waals surface area contributed by atoms with Gasteiger partial charge < -0.3 is 20.3 Å². The van der Waals surface area contributed by atoms with Crippen LogP contribution in [0, 0.1) is 5.82 Å². The van der Waals surface area contributed by atoms with Gasteiger partial charge in [-0.1, -0.05) is 6.07 Å². The minimum atomic E-state index is -0.402. The summed E-state index contributed by atoms with van der Waals surface area (Å²) in [6, 6.07) is 13.0. The predicted octanol–water partition coefficient (Wildman–Crippen LogP) is 2.44. The molecule has 0 unspecified atom stereocenters. The lowest BCUT2D eigenvalue weighted by molar-refractivity contribution is 0.0322. The van der Waals surface area contributed by atoms with Crippen molar-refractivity contribution in [2.24, 2.45) is 15.9 Å². The van der Waals surface area contributed by atoms with Crippen molar-refractivity contribution in [2.75, 3.05) is 39.5 Å². The van der Waals surface area contributed by atoms with Crippen LogP contribution in [0.15, 0.2) is 63.4 Å². The lowest BCUT2D eigenvalue weighted by atomic mass is 10.1. The molecule has 0 atom stereocenters. The fourth-order valence-electron chi connectivity index (χ4n) is 3.45. The highest BCUT2D eigenvalue weighted by Crippen LogP contribution is 2.20. The predicted molar refractivity (Wildman–Crippen MR) is 123 cm³/mol. The molecule has 3 N–H and O–H groups in total. The molecule has 4 rings (SSSR count). The number of rotatable bonds is 7. The van der Waals surface area contributed by atoms with Gasteiger partial charge in [-0.25, -0.2) is 4.39 Å². The van der Waals surface area contributed by atoms with Gasteiger partial charge in [0.2, 0.25) is 0 Å². The third-order valence-corrected chi connectivity index (χ3v) is 5.15. The molecule has 0 radical (unpaired) electrons. The number of aromatic amines is 1. The Morgan fingerprint density at radius 3 is 2.88 bits per heavy atom. The van der Waals surface area contributed by atoms with E-state index in [4.69, 9.17) is 15.3 Å². The van der Waals surface area contributed by atoms with Crippen LogP contribution in [0.2, 0.25) is 0 Å². The molecule has 166 valence electrons. The van der Waals surface area contributed by atoms with E-state index in [9.17, 15) is 9.18 Å². The first-order chi connectivity index (χ1) is 15.6. The summed E-state index contributed by atoms with van der Waals surface area (Å²) in [5.74, 6) is 5.80. The minimum absolute atomic E-state index is 0.177. The van der Waals surface area contributed by atoms with Gasteiger partial charge in [-0.15, -0.1) is 0 Å². The van der Waals surface area contributed by atoms with Crippen LogP contribution >= 0.6 is 0 Å². The van der Waals surface area contributed by atoms with E-state index in [1.165, 1.54) is 24.4 Å². The molecule has 0 bridgehead atoms. The average Bonchev–Trinajstić information content (AvgIpc) is 2.81. The van der Waals surface area contributed by atoms with Crippen molar-refractivity contribution in [1.82, 2.24) is 9.88 Å². The number of hydrazone groups is 1. The second-order valence-corrected chi connectivity index (χ2v) is 7.32. The van der Waals surface area contributed by atoms with Gasteiger partial charge in [0.15, 0.2) is 0 Å². The quantitative estimate of drug-likeness (QED) is 0.336. The van der Waals surface area contributed by atoms with Gasteiger partial charge >= 0.3 is 0 Å². The van der Waals surface area contributed by atoms with Crippen LogP contribution in [0.3, 0.4) is 0 Å². The van der Waals surface area contributed by atoms with E-state index < -0.39 is 5.82 Å². The largest absolute Gasteiger partial charge is 0.492 e. The van der Waals surface area contributed by atoms with Gasteiger partial charge in [0.25, 0.3) is 5.56 Å². The van der Waals surface area contributed by atoms with Crippen molar-refractivity contribution in [3.05, 3.63) is 70.3 Å². The molecular weight excluding hydrogens is 413 g/mol. The van der Waals surface area contributed by atoms with Crippen molar-refractivity contribution >= 4 is 28.5 Å². The molecule has 32 heavy (non-hydrogen) atoms. The molecule has 0 spiro atoms. The summed E-state index contributed by atoms with van der Waals surface area (Å²) in [4.78, 5) is 21.8. The van der Waals surface area contributed by atoms with E-state index in [1.54, 1.807) is 18.2 Å². The van der Waals surface area contributed by atoms with Crippen molar-refractivity contribution in [1.29, 1.82) is 0 Å². The lowest BCUT2D eigenvalue weighted by Crippen LogP contribution is -2.38. The Morgan fingerprint density at radius 1 is 1.22 bits per heavy atom. The topological polar surface area (TPSA) is 105 Å². The zero-order valence-electron chi connectivity index (χ0n) is 17.5. The number of aromatic nitrogens is 1. The number of nitrogens with one attached hydrogen (secondary N) is 1. The average molecular weight is 437 g/mol. The first-order valence-corrected chi connectivity index (χ1v) is 10.3. The molecular formula is C23H24FN5O3. The molecule has 1 aliphatic heterocycles. The van der Waals surface area contributed by atoms with Crippen LogP contribution in [-0.2, 0) is 4.74 Å². The van der Waals surface area contributed by atoms with Crippen LogP contribution in [-0.4, -0.2) is 61.3 Å². The zero-order chi connectivity index (χ0) is 22.3. The van der Waals surface area contributed by atoms with Crippen molar-refractivity contribution in [3.63, 3.8) is 0 Å². The number of pyridine rings is 1. The second kappa shape index (κ2) is 10.2. The molecule has 0 aliphatic carbocycles. The molecule has 1 saturated heterocycles. The standard InChI is InChI=1S/C23H24FN5O3/c24-17-4-5-21-16(12-17)13-20(23(30)27-21)22(28-25)15-26-18-2-1-3-19(14-18)32-11-8-29-6-9-31-10-7-29/h1-5,12-15H,6-11,25H2,(H,27,30). The Labute approximate surface area is 184 Å². The van der Waals surface area contributed by atoms with Crippen LogP contribution < -0.4 is 16.1 Å². The number of benzene rings is 2. The number of nitrogens with zero attached hydrogens (tertiary/aromatic N) is 3. The van der Waals surface area contributed by atoms with Gasteiger partial charge in [-0.05, 0) is 36.4 Å². The van der Waals surface area contributed by atoms with Crippen LogP contribution in [0.1, 0.15) is 5.56 Å². The maximum atomic E-state index is 13.6. The number of nitrogens with two attached hydrogens (primary N) is 1. The third kappa shape index (κ3) is 5.37. The molecule has 1 aromatic heterocycles. The van der Waals surface area contributed by atoms with E-state index in [0.717, 1.165) is 32.8 Å². The number of hydrogen-bond donors (Lipinski definition) is 2. The monoisotopic (exact) mass is 437 g/mol. The highest BCUT2D eigenvalue weighted by Gasteiger charge is 2.11. The fraction of sp³-hybridized carbons (Fsp3) is 0.261. The van der Waals surface area contributed by atoms with E-state index in [-0.39, 0.29) is 16.8 Å². The molecule has 1 fully saturated rings. The number of fused-ring (bicyclic) bond motifs is 1. The van der Waals surface area contributed by atoms with Crippen molar-refractivity contribution in [2.45, 2.75) is 0 Å². The number of aliphatic imine (C=N–C) groups is 1. The first-order valence-electron chi connectivity index (χ1n) is 10.3. The molecule has 9 heteroatoms. The summed E-state index contributed by atoms with van der Waals surface area (Å²) >= 11 is 0. The molecule has 2 heterocycles. The number of morpholine rings is 1. The van der Waals surface area contributed by atoms with E-state index >= 15 is 0 Å². The van der Waals surface area contributed by atoms with Crippen molar-refractivity contribution in [3.8, 4) is 5.75 Å². The molecule has 2 aromatic carbocycles. The molecule has 8 nitrogen and oxygen atoms in total. The first kappa shape index (κ1) is 21.7. The summed E-state index contributed by atoms with van der Waals surface area (Å²) in [5.41, 5.74) is 1.14. The third-order valence-electron chi connectivity index (χ3n) is 5.15. The van der Waals surface area contributed by atoms with Gasteiger partial charge in [0.1, 0.15) is 23.9 Å². The molecule has 0 amide bonds. The highest BCUT2D eigenvalue weighted by atomic mass is 19.1. The molecule has 0 saturated carbocycles. The Morgan fingerprint density at radius 2 is 2.06 bits per heavy atom. The van der Waals surface area contributed by atoms with Gasteiger partial charge in [0, 0.05) is 36.6 Å². The van der Waals surface area contributed by atoms with E-state index in [0.29, 0.717) is 28.9 Å². The summed E-state index contributed by atoms with van der Waals surface area (Å²) in [7, 11) is 0. The van der Waals surface area contributed by atoms with Crippen LogP contribution in [0.4, 0.5) is 10.1 Å². The molecule has 1 aliphatic rings. The van der Waals surface area contributed by atoms with E-state index in [1.807, 2.05) is 12.1 Å². The SMILES string of the molecule is NN=C(C=Nc1cccc(OCCN2CCOCC2)c1)c1cc2cc(F)ccc2[nH]c1=O. The van der Waals surface area contributed by atoms with Crippen molar-refractivity contribution < 1.29 is 13.9 Å².